The lowest BCUT2D eigenvalue weighted by Gasteiger charge is -2.12. The van der Waals surface area contributed by atoms with Crippen molar-refractivity contribution in [2.75, 3.05) is 12.3 Å². The Kier molecular flexibility index (Phi) is 2.90. The number of aliphatic hydroxyl groups is 1. The Labute approximate surface area is 78.4 Å². The maximum absolute atomic E-state index is 8.88. The maximum atomic E-state index is 8.88. The minimum absolute atomic E-state index is 0.0389. The summed E-state index contributed by atoms with van der Waals surface area (Å²) in [5.74, 6) is 0. The molecule has 0 aliphatic rings. The van der Waals surface area contributed by atoms with Gasteiger partial charge in [-0.15, -0.1) is 0 Å². The molecule has 0 bridgehead atoms. The summed E-state index contributed by atoms with van der Waals surface area (Å²) >= 11 is 0. The third-order valence-electron chi connectivity index (χ3n) is 2.24. The number of rotatable bonds is 2. The van der Waals surface area contributed by atoms with Crippen LogP contribution in [-0.2, 0) is 0 Å². The largest absolute Gasteiger partial charge is 0.398 e. The van der Waals surface area contributed by atoms with Gasteiger partial charge in [-0.05, 0) is 30.5 Å². The highest BCUT2D eigenvalue weighted by molar-refractivity contribution is 5.54. The Bertz CT molecular complexity index is 287. The molecule has 0 heterocycles. The van der Waals surface area contributed by atoms with E-state index in [-0.39, 0.29) is 12.6 Å². The lowest BCUT2D eigenvalue weighted by Crippen LogP contribution is -2.15. The van der Waals surface area contributed by atoms with Gasteiger partial charge in [-0.3, -0.25) is 0 Å². The SMILES string of the molecule is Cc1cc([C@H](N)CO)cc(C)c1N. The molecule has 1 rings (SSSR count). The van der Waals surface area contributed by atoms with E-state index in [1.54, 1.807) is 0 Å². The molecule has 0 saturated carbocycles. The van der Waals surface area contributed by atoms with Crippen molar-refractivity contribution in [1.29, 1.82) is 0 Å². The van der Waals surface area contributed by atoms with E-state index in [4.69, 9.17) is 16.6 Å². The Morgan fingerprint density at radius 1 is 1.31 bits per heavy atom. The number of hydrogen-bond acceptors (Lipinski definition) is 3. The fourth-order valence-electron chi connectivity index (χ4n) is 1.33. The Morgan fingerprint density at radius 2 is 1.77 bits per heavy atom. The maximum Gasteiger partial charge on any atom is 0.0624 e. The van der Waals surface area contributed by atoms with E-state index in [0.717, 1.165) is 22.4 Å². The molecule has 0 unspecified atom stereocenters. The highest BCUT2D eigenvalue weighted by Gasteiger charge is 2.07. The molecule has 0 saturated heterocycles. The molecule has 13 heavy (non-hydrogen) atoms. The van der Waals surface area contributed by atoms with Gasteiger partial charge in [0.1, 0.15) is 0 Å². The zero-order chi connectivity index (χ0) is 10.0. The van der Waals surface area contributed by atoms with Crippen LogP contribution in [0.2, 0.25) is 0 Å². The van der Waals surface area contributed by atoms with Crippen LogP contribution in [0.3, 0.4) is 0 Å². The van der Waals surface area contributed by atoms with Gasteiger partial charge in [0, 0.05) is 5.69 Å². The zero-order valence-electron chi connectivity index (χ0n) is 8.04. The summed E-state index contributed by atoms with van der Waals surface area (Å²) in [4.78, 5) is 0. The van der Waals surface area contributed by atoms with Gasteiger partial charge in [0.05, 0.1) is 12.6 Å². The summed E-state index contributed by atoms with van der Waals surface area (Å²) < 4.78 is 0. The molecular weight excluding hydrogens is 164 g/mol. The number of aryl methyl sites for hydroxylation is 2. The summed E-state index contributed by atoms with van der Waals surface area (Å²) in [5.41, 5.74) is 15.2. The number of nitrogens with two attached hydrogens (primary N) is 2. The smallest absolute Gasteiger partial charge is 0.0624 e. The first-order valence-corrected chi connectivity index (χ1v) is 4.29. The molecule has 0 aliphatic carbocycles. The zero-order valence-corrected chi connectivity index (χ0v) is 8.04. The molecule has 3 nitrogen and oxygen atoms in total. The van der Waals surface area contributed by atoms with Gasteiger partial charge in [0.15, 0.2) is 0 Å². The summed E-state index contributed by atoms with van der Waals surface area (Å²) in [6, 6.07) is 3.53. The molecule has 72 valence electrons. The van der Waals surface area contributed by atoms with Crippen molar-refractivity contribution in [2.45, 2.75) is 19.9 Å². The van der Waals surface area contributed by atoms with Crippen LogP contribution in [0.25, 0.3) is 0 Å². The van der Waals surface area contributed by atoms with Crippen molar-refractivity contribution >= 4 is 5.69 Å². The average Bonchev–Trinajstić information content (AvgIpc) is 2.12. The minimum atomic E-state index is -0.307. The number of hydrogen-bond donors (Lipinski definition) is 3. The van der Waals surface area contributed by atoms with Crippen molar-refractivity contribution in [1.82, 2.24) is 0 Å². The van der Waals surface area contributed by atoms with Gasteiger partial charge >= 0.3 is 0 Å². The molecule has 0 amide bonds. The number of anilines is 1. The molecule has 3 heteroatoms. The first-order chi connectivity index (χ1) is 6.06. The minimum Gasteiger partial charge on any atom is -0.398 e. The van der Waals surface area contributed by atoms with E-state index in [0.29, 0.717) is 0 Å². The van der Waals surface area contributed by atoms with Crippen LogP contribution in [0.1, 0.15) is 22.7 Å². The van der Waals surface area contributed by atoms with Crippen LogP contribution in [0.5, 0.6) is 0 Å². The topological polar surface area (TPSA) is 72.3 Å². The Balaban J connectivity index is 3.13. The fraction of sp³-hybridized carbons (Fsp3) is 0.400. The molecule has 0 aromatic heterocycles. The normalized spacial score (nSPS) is 12.9. The molecule has 0 radical (unpaired) electrons. The summed E-state index contributed by atoms with van der Waals surface area (Å²) in [5, 5.41) is 8.88. The molecule has 0 aliphatic heterocycles. The summed E-state index contributed by atoms with van der Waals surface area (Å²) in [6.45, 7) is 3.84. The van der Waals surface area contributed by atoms with E-state index in [2.05, 4.69) is 0 Å². The second-order valence-electron chi connectivity index (χ2n) is 3.36. The highest BCUT2D eigenvalue weighted by Crippen LogP contribution is 2.21. The van der Waals surface area contributed by atoms with Crippen molar-refractivity contribution < 1.29 is 5.11 Å². The van der Waals surface area contributed by atoms with Gasteiger partial charge in [0.2, 0.25) is 0 Å². The third-order valence-corrected chi connectivity index (χ3v) is 2.24. The molecule has 0 fully saturated rings. The number of nitrogen functional groups attached to an aromatic ring is 1. The first-order valence-electron chi connectivity index (χ1n) is 4.29. The van der Waals surface area contributed by atoms with Gasteiger partial charge < -0.3 is 16.6 Å². The predicted molar refractivity (Wildman–Crippen MR) is 54.3 cm³/mol. The van der Waals surface area contributed by atoms with Gasteiger partial charge in [-0.2, -0.15) is 0 Å². The standard InChI is InChI=1S/C10H16N2O/c1-6-3-8(9(11)5-13)4-7(2)10(6)12/h3-4,9,13H,5,11-12H2,1-2H3/t9-/m1/s1. The van der Waals surface area contributed by atoms with Crippen LogP contribution >= 0.6 is 0 Å². The molecule has 1 aromatic carbocycles. The highest BCUT2D eigenvalue weighted by atomic mass is 16.3. The van der Waals surface area contributed by atoms with Gasteiger partial charge in [-0.1, -0.05) is 12.1 Å². The van der Waals surface area contributed by atoms with Crippen molar-refractivity contribution in [3.8, 4) is 0 Å². The van der Waals surface area contributed by atoms with E-state index in [1.807, 2.05) is 26.0 Å². The lowest BCUT2D eigenvalue weighted by molar-refractivity contribution is 0.268. The van der Waals surface area contributed by atoms with Crippen molar-refractivity contribution in [3.05, 3.63) is 28.8 Å². The van der Waals surface area contributed by atoms with E-state index in [9.17, 15) is 0 Å². The predicted octanol–water partition coefficient (Wildman–Crippen LogP) is 0.878. The van der Waals surface area contributed by atoms with E-state index in [1.165, 1.54) is 0 Å². The lowest BCUT2D eigenvalue weighted by atomic mass is 10.0. The van der Waals surface area contributed by atoms with Crippen LogP contribution in [-0.4, -0.2) is 11.7 Å². The second-order valence-corrected chi connectivity index (χ2v) is 3.36. The Hall–Kier alpha value is -1.06. The van der Waals surface area contributed by atoms with E-state index >= 15 is 0 Å². The third kappa shape index (κ3) is 1.99. The quantitative estimate of drug-likeness (QED) is 0.591. The Morgan fingerprint density at radius 3 is 2.15 bits per heavy atom. The molecular formula is C10H16N2O. The first kappa shape index (κ1) is 10.0. The summed E-state index contributed by atoms with van der Waals surface area (Å²) in [7, 11) is 0. The monoisotopic (exact) mass is 180 g/mol. The van der Waals surface area contributed by atoms with Gasteiger partial charge in [0.25, 0.3) is 0 Å². The van der Waals surface area contributed by atoms with Crippen molar-refractivity contribution in [2.24, 2.45) is 5.73 Å². The van der Waals surface area contributed by atoms with Crippen molar-refractivity contribution in [3.63, 3.8) is 0 Å². The molecule has 0 spiro atoms. The second kappa shape index (κ2) is 3.77. The van der Waals surface area contributed by atoms with Crippen LogP contribution in [0.4, 0.5) is 5.69 Å². The summed E-state index contributed by atoms with van der Waals surface area (Å²) in [6.07, 6.45) is 0. The molecule has 5 N–H and O–H groups in total. The average molecular weight is 180 g/mol. The molecule has 1 atom stereocenters. The van der Waals surface area contributed by atoms with Crippen LogP contribution in [0.15, 0.2) is 12.1 Å². The number of aliphatic hydroxyl groups excluding tert-OH is 1. The van der Waals surface area contributed by atoms with E-state index < -0.39 is 0 Å². The molecule has 1 aromatic rings. The fourth-order valence-corrected chi connectivity index (χ4v) is 1.33. The van der Waals surface area contributed by atoms with Gasteiger partial charge in [-0.25, -0.2) is 0 Å². The van der Waals surface area contributed by atoms with Crippen LogP contribution in [0, 0.1) is 13.8 Å². The number of benzene rings is 1. The van der Waals surface area contributed by atoms with Crippen LogP contribution < -0.4 is 11.5 Å².